The number of nitrogens with zero attached hydrogens (tertiary/aromatic N) is 2. The van der Waals surface area contributed by atoms with Gasteiger partial charge in [0.2, 0.25) is 11.8 Å². The summed E-state index contributed by atoms with van der Waals surface area (Å²) >= 11 is 5.01. The number of rotatable bonds is 7. The van der Waals surface area contributed by atoms with Gasteiger partial charge in [-0.1, -0.05) is 47.3 Å². The van der Waals surface area contributed by atoms with Gasteiger partial charge in [-0.15, -0.1) is 11.3 Å². The van der Waals surface area contributed by atoms with Crippen molar-refractivity contribution in [2.24, 2.45) is 0 Å². The number of hydrogen-bond donors (Lipinski definition) is 1. The lowest BCUT2D eigenvalue weighted by atomic mass is 9.80. The van der Waals surface area contributed by atoms with Crippen LogP contribution in [0.4, 0.5) is 0 Å². The number of carbonyl (C=O) groups excluding carboxylic acids is 2. The minimum absolute atomic E-state index is 0.0589. The predicted molar refractivity (Wildman–Crippen MR) is 121 cm³/mol. The Morgan fingerprint density at radius 3 is 2.59 bits per heavy atom. The van der Waals surface area contributed by atoms with E-state index in [0.29, 0.717) is 25.9 Å². The zero-order chi connectivity index (χ0) is 20.9. The Bertz CT molecular complexity index is 857. The highest BCUT2D eigenvalue weighted by Crippen LogP contribution is 2.31. The third-order valence-electron chi connectivity index (χ3n) is 5.51. The molecule has 5 nitrogen and oxygen atoms in total. The first kappa shape index (κ1) is 22.0. The van der Waals surface area contributed by atoms with Crippen molar-refractivity contribution in [2.45, 2.75) is 57.9 Å². The normalized spacial score (nSPS) is 15.7. The maximum Gasteiger partial charge on any atom is 0.248 e. The molecule has 0 atom stereocenters. The predicted octanol–water partition coefficient (Wildman–Crippen LogP) is 4.80. The van der Waals surface area contributed by atoms with E-state index in [4.69, 9.17) is 0 Å². The molecule has 0 aliphatic heterocycles. The van der Waals surface area contributed by atoms with Crippen LogP contribution in [0.15, 0.2) is 34.1 Å². The number of carbonyl (C=O) groups is 2. The van der Waals surface area contributed by atoms with Gasteiger partial charge in [-0.3, -0.25) is 9.59 Å². The van der Waals surface area contributed by atoms with Crippen LogP contribution in [0.5, 0.6) is 0 Å². The molecule has 1 aliphatic carbocycles. The second-order valence-electron chi connectivity index (χ2n) is 7.50. The number of aromatic nitrogens is 1. The number of amides is 2. The fraction of sp³-hybridized carbons (Fsp3) is 0.500. The maximum absolute atomic E-state index is 13.2. The van der Waals surface area contributed by atoms with Gasteiger partial charge in [-0.05, 0) is 38.8 Å². The highest BCUT2D eigenvalue weighted by Gasteiger charge is 2.42. The molecule has 1 saturated carbocycles. The average Bonchev–Trinajstić information content (AvgIpc) is 3.18. The Hall–Kier alpha value is -1.73. The molecule has 1 N–H and O–H groups in total. The van der Waals surface area contributed by atoms with E-state index in [2.05, 4.69) is 26.2 Å². The van der Waals surface area contributed by atoms with E-state index >= 15 is 0 Å². The van der Waals surface area contributed by atoms with E-state index in [0.717, 1.165) is 40.0 Å². The van der Waals surface area contributed by atoms with Gasteiger partial charge in [0.1, 0.15) is 10.5 Å². The zero-order valence-corrected chi connectivity index (χ0v) is 19.4. The van der Waals surface area contributed by atoms with Gasteiger partial charge >= 0.3 is 0 Å². The molecule has 2 amide bonds. The zero-order valence-electron chi connectivity index (χ0n) is 17.0. The number of nitrogens with one attached hydrogen (secondary N) is 1. The molecule has 3 rings (SSSR count). The largest absolute Gasteiger partial charge is 0.341 e. The van der Waals surface area contributed by atoms with Crippen LogP contribution in [0, 0.1) is 0 Å². The van der Waals surface area contributed by atoms with Crippen molar-refractivity contribution in [3.05, 3.63) is 39.8 Å². The fourth-order valence-electron chi connectivity index (χ4n) is 3.98. The van der Waals surface area contributed by atoms with Crippen molar-refractivity contribution in [1.29, 1.82) is 0 Å². The second-order valence-corrected chi connectivity index (χ2v) is 9.27. The molecule has 0 bridgehead atoms. The first-order valence-corrected chi connectivity index (χ1v) is 12.0. The minimum atomic E-state index is -0.759. The third-order valence-corrected chi connectivity index (χ3v) is 6.94. The van der Waals surface area contributed by atoms with E-state index in [1.54, 1.807) is 0 Å². The molecule has 1 aliphatic rings. The summed E-state index contributed by atoms with van der Waals surface area (Å²) in [6.45, 7) is 5.29. The molecule has 7 heteroatoms. The first-order chi connectivity index (χ1) is 14.0. The molecule has 156 valence electrons. The summed E-state index contributed by atoms with van der Waals surface area (Å²) in [6, 6.07) is 7.97. The van der Waals surface area contributed by atoms with Crippen molar-refractivity contribution in [1.82, 2.24) is 15.2 Å². The van der Waals surface area contributed by atoms with Crippen LogP contribution in [0.2, 0.25) is 0 Å². The van der Waals surface area contributed by atoms with E-state index in [9.17, 15) is 9.59 Å². The monoisotopic (exact) mass is 477 g/mol. The molecular weight excluding hydrogens is 450 g/mol. The summed E-state index contributed by atoms with van der Waals surface area (Å²) in [6.07, 6.45) is 4.68. The number of benzene rings is 1. The maximum atomic E-state index is 13.2. The smallest absolute Gasteiger partial charge is 0.248 e. The number of halogens is 1. The number of hydrogen-bond acceptors (Lipinski definition) is 4. The Morgan fingerprint density at radius 1 is 1.21 bits per heavy atom. The summed E-state index contributed by atoms with van der Waals surface area (Å²) in [5, 5.41) is 5.93. The van der Waals surface area contributed by atoms with Gasteiger partial charge in [-0.2, -0.15) is 0 Å². The van der Waals surface area contributed by atoms with Gasteiger partial charge < -0.3 is 10.2 Å². The van der Waals surface area contributed by atoms with Crippen LogP contribution in [0.25, 0.3) is 10.6 Å². The highest BCUT2D eigenvalue weighted by molar-refractivity contribution is 9.10. The topological polar surface area (TPSA) is 62.3 Å². The van der Waals surface area contributed by atoms with Crippen molar-refractivity contribution in [3.63, 3.8) is 0 Å². The Morgan fingerprint density at radius 2 is 1.93 bits per heavy atom. The SMILES string of the molecule is CCN(CC)C(=O)C1(NC(=O)Cc2csc(-c3cccc(Br)c3)n2)CCCCC1. The number of thiazole rings is 1. The van der Waals surface area contributed by atoms with Crippen LogP contribution >= 0.6 is 27.3 Å². The van der Waals surface area contributed by atoms with E-state index in [1.165, 1.54) is 11.3 Å². The molecule has 1 aromatic heterocycles. The Kier molecular flexibility index (Phi) is 7.46. The van der Waals surface area contributed by atoms with E-state index in [-0.39, 0.29) is 18.2 Å². The first-order valence-electron chi connectivity index (χ1n) is 10.3. The second kappa shape index (κ2) is 9.85. The molecule has 1 aromatic carbocycles. The standard InChI is InChI=1S/C22H28BrN3O2S/c1-3-26(4-2)21(28)22(11-6-5-7-12-22)25-19(27)14-18-15-29-20(24-18)16-9-8-10-17(23)13-16/h8-10,13,15H,3-7,11-12,14H2,1-2H3,(H,25,27). The fourth-order valence-corrected chi connectivity index (χ4v) is 5.19. The molecule has 0 saturated heterocycles. The van der Waals surface area contributed by atoms with Gasteiger partial charge in [0.05, 0.1) is 12.1 Å². The van der Waals surface area contributed by atoms with E-state index in [1.807, 2.05) is 48.4 Å². The molecule has 0 unspecified atom stereocenters. The van der Waals surface area contributed by atoms with Crippen LogP contribution in [-0.2, 0) is 16.0 Å². The summed E-state index contributed by atoms with van der Waals surface area (Å²) in [5.74, 6) is -0.0675. The molecular formula is C22H28BrN3O2S. The van der Waals surface area contributed by atoms with Crippen molar-refractivity contribution in [2.75, 3.05) is 13.1 Å². The Balaban J connectivity index is 1.71. The molecule has 0 spiro atoms. The van der Waals surface area contributed by atoms with Gasteiger partial charge in [-0.25, -0.2) is 4.98 Å². The molecule has 1 heterocycles. The molecule has 1 fully saturated rings. The summed E-state index contributed by atoms with van der Waals surface area (Å²) < 4.78 is 0.999. The van der Waals surface area contributed by atoms with Crippen molar-refractivity contribution >= 4 is 39.1 Å². The lowest BCUT2D eigenvalue weighted by Gasteiger charge is -2.40. The van der Waals surface area contributed by atoms with Gasteiger partial charge in [0, 0.05) is 28.5 Å². The van der Waals surface area contributed by atoms with E-state index < -0.39 is 5.54 Å². The summed E-state index contributed by atoms with van der Waals surface area (Å²) in [7, 11) is 0. The lowest BCUT2D eigenvalue weighted by Crippen LogP contribution is -2.60. The third kappa shape index (κ3) is 5.25. The Labute approximate surface area is 185 Å². The molecule has 0 radical (unpaired) electrons. The number of likely N-dealkylation sites (N-methyl/N-ethyl adjacent to an activating group) is 1. The van der Waals surface area contributed by atoms with Crippen LogP contribution in [-0.4, -0.2) is 40.3 Å². The van der Waals surface area contributed by atoms with Gasteiger partial charge in [0.15, 0.2) is 0 Å². The lowest BCUT2D eigenvalue weighted by molar-refractivity contribution is -0.143. The molecule has 2 aromatic rings. The quantitative estimate of drug-likeness (QED) is 0.622. The highest BCUT2D eigenvalue weighted by atomic mass is 79.9. The summed E-state index contributed by atoms with van der Waals surface area (Å²) in [4.78, 5) is 32.5. The van der Waals surface area contributed by atoms with Crippen LogP contribution in [0.1, 0.15) is 51.6 Å². The average molecular weight is 478 g/mol. The van der Waals surface area contributed by atoms with Gasteiger partial charge in [0.25, 0.3) is 0 Å². The molecule has 29 heavy (non-hydrogen) atoms. The minimum Gasteiger partial charge on any atom is -0.341 e. The van der Waals surface area contributed by atoms with Crippen LogP contribution in [0.3, 0.4) is 0 Å². The van der Waals surface area contributed by atoms with Crippen molar-refractivity contribution in [3.8, 4) is 10.6 Å². The van der Waals surface area contributed by atoms with Crippen molar-refractivity contribution < 1.29 is 9.59 Å². The van der Waals surface area contributed by atoms with Crippen LogP contribution < -0.4 is 5.32 Å². The summed E-state index contributed by atoms with van der Waals surface area (Å²) in [5.41, 5.74) is 1.00.